The number of aryl methyl sites for hydroxylation is 1. The highest BCUT2D eigenvalue weighted by atomic mass is 19.1. The van der Waals surface area contributed by atoms with Crippen LogP contribution in [0.4, 0.5) is 4.39 Å². The molecule has 2 rings (SSSR count). The molecule has 0 N–H and O–H groups in total. The van der Waals surface area contributed by atoms with Crippen LogP contribution in [-0.2, 0) is 0 Å². The Balaban J connectivity index is 2.31. The van der Waals surface area contributed by atoms with Crippen LogP contribution < -0.4 is 4.74 Å². The average molecular weight is 240 g/mol. The molecule has 0 heterocycles. The quantitative estimate of drug-likeness (QED) is 0.693. The first kappa shape index (κ1) is 12.2. The lowest BCUT2D eigenvalue weighted by Crippen LogP contribution is -1.87. The summed E-state index contributed by atoms with van der Waals surface area (Å²) in [6.07, 6.45) is 0. The lowest BCUT2D eigenvalue weighted by molar-refractivity contribution is 0.414. The third-order valence-corrected chi connectivity index (χ3v) is 2.63. The van der Waals surface area contributed by atoms with E-state index in [-0.39, 0.29) is 5.82 Å². The molecular weight excluding hydrogens is 227 g/mol. The van der Waals surface area contributed by atoms with Gasteiger partial charge in [0.15, 0.2) is 0 Å². The van der Waals surface area contributed by atoms with E-state index in [1.54, 1.807) is 19.2 Å². The topological polar surface area (TPSA) is 9.23 Å². The van der Waals surface area contributed by atoms with Crippen LogP contribution in [0.25, 0.3) is 0 Å². The van der Waals surface area contributed by atoms with Crippen LogP contribution in [0, 0.1) is 24.6 Å². The maximum absolute atomic E-state index is 12.7. The van der Waals surface area contributed by atoms with Gasteiger partial charge in [-0.15, -0.1) is 0 Å². The number of hydrogen-bond acceptors (Lipinski definition) is 1. The van der Waals surface area contributed by atoms with E-state index in [9.17, 15) is 4.39 Å². The summed E-state index contributed by atoms with van der Waals surface area (Å²) in [6.45, 7) is 1.99. The summed E-state index contributed by atoms with van der Waals surface area (Å²) in [7, 11) is 1.63. The van der Waals surface area contributed by atoms with Gasteiger partial charge in [-0.2, -0.15) is 0 Å². The Labute approximate surface area is 106 Å². The second-order valence-electron chi connectivity index (χ2n) is 3.94. The van der Waals surface area contributed by atoms with Crippen molar-refractivity contribution in [2.45, 2.75) is 6.92 Å². The molecule has 0 aliphatic heterocycles. The molecule has 0 spiro atoms. The van der Waals surface area contributed by atoms with Gasteiger partial charge in [0.25, 0.3) is 0 Å². The lowest BCUT2D eigenvalue weighted by atomic mass is 10.1. The second kappa shape index (κ2) is 5.37. The Bertz CT molecular complexity index is 603. The van der Waals surface area contributed by atoms with E-state index in [0.29, 0.717) is 0 Å². The highest BCUT2D eigenvalue weighted by Gasteiger charge is 1.97. The number of rotatable bonds is 1. The predicted octanol–water partition coefficient (Wildman–Crippen LogP) is 3.54. The van der Waals surface area contributed by atoms with Gasteiger partial charge in [-0.05, 0) is 48.9 Å². The van der Waals surface area contributed by atoms with Crippen molar-refractivity contribution in [2.75, 3.05) is 7.11 Å². The summed E-state index contributed by atoms with van der Waals surface area (Å²) < 4.78 is 17.9. The summed E-state index contributed by atoms with van der Waals surface area (Å²) in [5, 5.41) is 0. The van der Waals surface area contributed by atoms with Crippen molar-refractivity contribution in [3.8, 4) is 17.6 Å². The van der Waals surface area contributed by atoms with E-state index in [1.165, 1.54) is 12.1 Å². The molecule has 0 bridgehead atoms. The third kappa shape index (κ3) is 2.89. The third-order valence-electron chi connectivity index (χ3n) is 2.63. The molecule has 18 heavy (non-hydrogen) atoms. The molecule has 2 aromatic rings. The van der Waals surface area contributed by atoms with Gasteiger partial charge in [0, 0.05) is 11.1 Å². The minimum absolute atomic E-state index is 0.252. The van der Waals surface area contributed by atoms with Crippen molar-refractivity contribution in [3.05, 3.63) is 65.0 Å². The monoisotopic (exact) mass is 240 g/mol. The zero-order valence-electron chi connectivity index (χ0n) is 10.3. The van der Waals surface area contributed by atoms with Crippen molar-refractivity contribution in [3.63, 3.8) is 0 Å². The molecule has 0 aliphatic rings. The summed E-state index contributed by atoms with van der Waals surface area (Å²) in [5.41, 5.74) is 2.79. The highest BCUT2D eigenvalue weighted by molar-refractivity contribution is 5.49. The normalized spacial score (nSPS) is 9.50. The summed E-state index contributed by atoms with van der Waals surface area (Å²) in [6, 6.07) is 11.9. The Morgan fingerprint density at radius 3 is 2.39 bits per heavy atom. The molecule has 0 atom stereocenters. The van der Waals surface area contributed by atoms with Gasteiger partial charge >= 0.3 is 0 Å². The Morgan fingerprint density at radius 2 is 1.72 bits per heavy atom. The molecule has 90 valence electrons. The standard InChI is InChI=1S/C16H13FO/c1-12-3-10-16(18-2)11-14(12)7-4-13-5-8-15(17)9-6-13/h3,5-6,8-11H,1-2H3. The smallest absolute Gasteiger partial charge is 0.123 e. The van der Waals surface area contributed by atoms with Crippen LogP contribution in [0.1, 0.15) is 16.7 Å². The number of hydrogen-bond donors (Lipinski definition) is 0. The SMILES string of the molecule is COc1ccc(C)c(C#Cc2ccc(F)cc2)c1. The van der Waals surface area contributed by atoms with Gasteiger partial charge in [-0.3, -0.25) is 0 Å². The Morgan fingerprint density at radius 1 is 1.00 bits per heavy atom. The molecule has 0 amide bonds. The predicted molar refractivity (Wildman–Crippen MR) is 70.1 cm³/mol. The molecule has 0 fully saturated rings. The molecule has 0 aromatic heterocycles. The largest absolute Gasteiger partial charge is 0.497 e. The van der Waals surface area contributed by atoms with Crippen molar-refractivity contribution in [1.82, 2.24) is 0 Å². The van der Waals surface area contributed by atoms with E-state index in [2.05, 4.69) is 11.8 Å². The Hall–Kier alpha value is -2.27. The lowest BCUT2D eigenvalue weighted by Gasteiger charge is -2.02. The van der Waals surface area contributed by atoms with Crippen LogP contribution in [0.5, 0.6) is 5.75 Å². The first-order chi connectivity index (χ1) is 8.69. The first-order valence-corrected chi connectivity index (χ1v) is 5.61. The molecule has 0 unspecified atom stereocenters. The molecule has 1 nitrogen and oxygen atoms in total. The molecule has 2 heteroatoms. The molecular formula is C16H13FO. The molecule has 0 radical (unpaired) electrons. The zero-order chi connectivity index (χ0) is 13.0. The Kier molecular flexibility index (Phi) is 3.64. The summed E-state index contributed by atoms with van der Waals surface area (Å²) in [5.74, 6) is 6.61. The average Bonchev–Trinajstić information content (AvgIpc) is 2.40. The van der Waals surface area contributed by atoms with Crippen LogP contribution >= 0.6 is 0 Å². The van der Waals surface area contributed by atoms with Gasteiger partial charge in [-0.1, -0.05) is 17.9 Å². The molecule has 0 aliphatic carbocycles. The van der Waals surface area contributed by atoms with Gasteiger partial charge in [-0.25, -0.2) is 4.39 Å². The number of halogens is 1. The molecule has 0 saturated carbocycles. The van der Waals surface area contributed by atoms with Gasteiger partial charge < -0.3 is 4.74 Å². The fourth-order valence-electron chi connectivity index (χ4n) is 1.54. The number of methoxy groups -OCH3 is 1. The molecule has 2 aromatic carbocycles. The van der Waals surface area contributed by atoms with Crippen molar-refractivity contribution in [1.29, 1.82) is 0 Å². The van der Waals surface area contributed by atoms with Gasteiger partial charge in [0.05, 0.1) is 7.11 Å². The van der Waals surface area contributed by atoms with Crippen LogP contribution in [-0.4, -0.2) is 7.11 Å². The zero-order valence-corrected chi connectivity index (χ0v) is 10.3. The van der Waals surface area contributed by atoms with Crippen LogP contribution in [0.3, 0.4) is 0 Å². The van der Waals surface area contributed by atoms with E-state index >= 15 is 0 Å². The van der Waals surface area contributed by atoms with Crippen LogP contribution in [0.2, 0.25) is 0 Å². The van der Waals surface area contributed by atoms with Gasteiger partial charge in [0.1, 0.15) is 11.6 Å². The maximum Gasteiger partial charge on any atom is 0.123 e. The van der Waals surface area contributed by atoms with E-state index in [1.807, 2.05) is 25.1 Å². The number of benzene rings is 2. The van der Waals surface area contributed by atoms with E-state index < -0.39 is 0 Å². The maximum atomic E-state index is 12.7. The first-order valence-electron chi connectivity index (χ1n) is 5.61. The minimum atomic E-state index is -0.252. The number of ether oxygens (including phenoxy) is 1. The van der Waals surface area contributed by atoms with Gasteiger partial charge in [0.2, 0.25) is 0 Å². The van der Waals surface area contributed by atoms with E-state index in [4.69, 9.17) is 4.74 Å². The van der Waals surface area contributed by atoms with E-state index in [0.717, 1.165) is 22.4 Å². The van der Waals surface area contributed by atoms with Crippen molar-refractivity contribution >= 4 is 0 Å². The fourth-order valence-corrected chi connectivity index (χ4v) is 1.54. The minimum Gasteiger partial charge on any atom is -0.497 e. The summed E-state index contributed by atoms with van der Waals surface area (Å²) in [4.78, 5) is 0. The molecule has 0 saturated heterocycles. The van der Waals surface area contributed by atoms with Crippen molar-refractivity contribution < 1.29 is 9.13 Å². The fraction of sp³-hybridized carbons (Fsp3) is 0.125. The van der Waals surface area contributed by atoms with Crippen molar-refractivity contribution in [2.24, 2.45) is 0 Å². The van der Waals surface area contributed by atoms with Crippen LogP contribution in [0.15, 0.2) is 42.5 Å². The highest BCUT2D eigenvalue weighted by Crippen LogP contribution is 2.16. The summed E-state index contributed by atoms with van der Waals surface area (Å²) >= 11 is 0. The second-order valence-corrected chi connectivity index (χ2v) is 3.94.